The number of benzene rings is 1. The quantitative estimate of drug-likeness (QED) is 0.836. The van der Waals surface area contributed by atoms with E-state index in [4.69, 9.17) is 0 Å². The van der Waals surface area contributed by atoms with Crippen LogP contribution < -0.4 is 15.5 Å². The van der Waals surface area contributed by atoms with Crippen molar-refractivity contribution in [3.8, 4) is 0 Å². The number of anilines is 2. The van der Waals surface area contributed by atoms with Gasteiger partial charge in [0.1, 0.15) is 0 Å². The van der Waals surface area contributed by atoms with Gasteiger partial charge in [-0.25, -0.2) is 4.79 Å². The molecule has 1 heterocycles. The van der Waals surface area contributed by atoms with Crippen LogP contribution in [-0.4, -0.2) is 25.5 Å². The predicted molar refractivity (Wildman–Crippen MR) is 70.9 cm³/mol. The second kappa shape index (κ2) is 5.08. The SMILES string of the molecule is CCNC(=O)Nc1ccc2c(c1)CCC(=O)N2C. The number of urea groups is 1. The van der Waals surface area contributed by atoms with Crippen molar-refractivity contribution in [1.82, 2.24) is 5.32 Å². The maximum Gasteiger partial charge on any atom is 0.319 e. The molecule has 0 fully saturated rings. The van der Waals surface area contributed by atoms with Crippen molar-refractivity contribution >= 4 is 23.3 Å². The summed E-state index contributed by atoms with van der Waals surface area (Å²) < 4.78 is 0. The summed E-state index contributed by atoms with van der Waals surface area (Å²) in [4.78, 5) is 24.6. The fourth-order valence-electron chi connectivity index (χ4n) is 2.07. The van der Waals surface area contributed by atoms with Crippen molar-refractivity contribution in [1.29, 1.82) is 0 Å². The molecule has 3 amide bonds. The number of aryl methyl sites for hydroxylation is 1. The molecule has 0 atom stereocenters. The Morgan fingerprint density at radius 2 is 2.17 bits per heavy atom. The number of carbonyl (C=O) groups is 2. The summed E-state index contributed by atoms with van der Waals surface area (Å²) in [6, 6.07) is 5.39. The van der Waals surface area contributed by atoms with Crippen LogP contribution in [0.1, 0.15) is 18.9 Å². The molecular formula is C13H17N3O2. The average Bonchev–Trinajstić information content (AvgIpc) is 2.34. The van der Waals surface area contributed by atoms with Gasteiger partial charge in [0.05, 0.1) is 0 Å². The van der Waals surface area contributed by atoms with Crippen LogP contribution in [0.3, 0.4) is 0 Å². The first-order valence-electron chi connectivity index (χ1n) is 6.06. The van der Waals surface area contributed by atoms with Crippen LogP contribution in [-0.2, 0) is 11.2 Å². The monoisotopic (exact) mass is 247 g/mol. The van der Waals surface area contributed by atoms with E-state index in [2.05, 4.69) is 10.6 Å². The summed E-state index contributed by atoms with van der Waals surface area (Å²) >= 11 is 0. The molecular weight excluding hydrogens is 230 g/mol. The van der Waals surface area contributed by atoms with Gasteiger partial charge < -0.3 is 15.5 Å². The molecule has 1 aliphatic heterocycles. The molecule has 0 bridgehead atoms. The van der Waals surface area contributed by atoms with Crippen LogP contribution in [0.2, 0.25) is 0 Å². The molecule has 0 aromatic heterocycles. The Morgan fingerprint density at radius 1 is 1.39 bits per heavy atom. The fourth-order valence-corrected chi connectivity index (χ4v) is 2.07. The number of nitrogens with one attached hydrogen (secondary N) is 2. The number of carbonyl (C=O) groups excluding carboxylic acids is 2. The molecule has 96 valence electrons. The van der Waals surface area contributed by atoms with Crippen LogP contribution in [0.25, 0.3) is 0 Å². The molecule has 0 radical (unpaired) electrons. The molecule has 18 heavy (non-hydrogen) atoms. The highest BCUT2D eigenvalue weighted by atomic mass is 16.2. The van der Waals surface area contributed by atoms with E-state index in [0.29, 0.717) is 13.0 Å². The van der Waals surface area contributed by atoms with Crippen molar-refractivity contribution in [2.45, 2.75) is 19.8 Å². The Bertz CT molecular complexity index is 485. The predicted octanol–water partition coefficient (Wildman–Crippen LogP) is 1.74. The first-order valence-corrected chi connectivity index (χ1v) is 6.06. The summed E-state index contributed by atoms with van der Waals surface area (Å²) in [7, 11) is 1.78. The van der Waals surface area contributed by atoms with Gasteiger partial charge >= 0.3 is 6.03 Å². The number of nitrogens with zero attached hydrogens (tertiary/aromatic N) is 1. The summed E-state index contributed by atoms with van der Waals surface area (Å²) in [6.45, 7) is 2.46. The molecule has 2 N–H and O–H groups in total. The zero-order valence-corrected chi connectivity index (χ0v) is 10.6. The molecule has 0 saturated carbocycles. The minimum Gasteiger partial charge on any atom is -0.338 e. The molecule has 0 spiro atoms. The lowest BCUT2D eigenvalue weighted by atomic mass is 10.0. The Hall–Kier alpha value is -2.04. The number of amides is 3. The fraction of sp³-hybridized carbons (Fsp3) is 0.385. The van der Waals surface area contributed by atoms with Gasteiger partial charge in [-0.1, -0.05) is 0 Å². The summed E-state index contributed by atoms with van der Waals surface area (Å²) in [5.74, 6) is 0.131. The first kappa shape index (κ1) is 12.4. The van der Waals surface area contributed by atoms with Crippen LogP contribution in [0, 0.1) is 0 Å². The van der Waals surface area contributed by atoms with Gasteiger partial charge in [-0.3, -0.25) is 4.79 Å². The van der Waals surface area contributed by atoms with Crippen molar-refractivity contribution in [3.05, 3.63) is 23.8 Å². The van der Waals surface area contributed by atoms with E-state index in [0.717, 1.165) is 23.4 Å². The van der Waals surface area contributed by atoms with Gasteiger partial charge in [0, 0.05) is 31.4 Å². The number of hydrogen-bond acceptors (Lipinski definition) is 2. The molecule has 2 rings (SSSR count). The maximum atomic E-state index is 11.6. The van der Waals surface area contributed by atoms with Gasteiger partial charge in [-0.15, -0.1) is 0 Å². The standard InChI is InChI=1S/C13H17N3O2/c1-3-14-13(18)15-10-5-6-11-9(8-10)4-7-12(17)16(11)2/h5-6,8H,3-4,7H2,1-2H3,(H2,14,15,18). The van der Waals surface area contributed by atoms with Crippen LogP contribution in [0.5, 0.6) is 0 Å². The lowest BCUT2D eigenvalue weighted by Gasteiger charge is -2.26. The molecule has 1 aromatic rings. The van der Waals surface area contributed by atoms with E-state index in [1.54, 1.807) is 11.9 Å². The lowest BCUT2D eigenvalue weighted by Crippen LogP contribution is -2.31. The summed E-state index contributed by atoms with van der Waals surface area (Å²) in [5, 5.41) is 5.44. The normalized spacial score (nSPS) is 14.1. The Balaban J connectivity index is 2.18. The average molecular weight is 247 g/mol. The lowest BCUT2D eigenvalue weighted by molar-refractivity contribution is -0.118. The van der Waals surface area contributed by atoms with Gasteiger partial charge in [-0.2, -0.15) is 0 Å². The molecule has 1 aliphatic rings. The highest BCUT2D eigenvalue weighted by Crippen LogP contribution is 2.29. The third-order valence-corrected chi connectivity index (χ3v) is 3.02. The third kappa shape index (κ3) is 2.45. The van der Waals surface area contributed by atoms with E-state index in [1.807, 2.05) is 25.1 Å². The maximum absolute atomic E-state index is 11.6. The van der Waals surface area contributed by atoms with E-state index in [1.165, 1.54) is 0 Å². The molecule has 0 unspecified atom stereocenters. The molecule has 5 heteroatoms. The largest absolute Gasteiger partial charge is 0.338 e. The van der Waals surface area contributed by atoms with E-state index in [9.17, 15) is 9.59 Å². The van der Waals surface area contributed by atoms with Gasteiger partial charge in [-0.05, 0) is 37.1 Å². The highest BCUT2D eigenvalue weighted by molar-refractivity contribution is 5.97. The number of hydrogen-bond donors (Lipinski definition) is 2. The second-order valence-corrected chi connectivity index (χ2v) is 4.28. The Morgan fingerprint density at radius 3 is 2.89 bits per heavy atom. The van der Waals surface area contributed by atoms with E-state index >= 15 is 0 Å². The zero-order valence-electron chi connectivity index (χ0n) is 10.6. The summed E-state index contributed by atoms with van der Waals surface area (Å²) in [6.07, 6.45) is 1.25. The first-order chi connectivity index (χ1) is 8.61. The van der Waals surface area contributed by atoms with Gasteiger partial charge in [0.2, 0.25) is 5.91 Å². The van der Waals surface area contributed by atoms with Crippen molar-refractivity contribution in [2.75, 3.05) is 23.8 Å². The van der Waals surface area contributed by atoms with Crippen molar-refractivity contribution < 1.29 is 9.59 Å². The zero-order chi connectivity index (χ0) is 13.1. The van der Waals surface area contributed by atoms with Crippen LogP contribution in [0.15, 0.2) is 18.2 Å². The van der Waals surface area contributed by atoms with Gasteiger partial charge in [0.25, 0.3) is 0 Å². The molecule has 1 aromatic carbocycles. The molecule has 0 aliphatic carbocycles. The van der Waals surface area contributed by atoms with Crippen molar-refractivity contribution in [3.63, 3.8) is 0 Å². The summed E-state index contributed by atoms with van der Waals surface area (Å²) in [5.41, 5.74) is 2.77. The second-order valence-electron chi connectivity index (χ2n) is 4.28. The van der Waals surface area contributed by atoms with Crippen molar-refractivity contribution in [2.24, 2.45) is 0 Å². The topological polar surface area (TPSA) is 61.4 Å². The molecule has 0 saturated heterocycles. The Labute approximate surface area is 106 Å². The smallest absolute Gasteiger partial charge is 0.319 e. The number of rotatable bonds is 2. The Kier molecular flexibility index (Phi) is 3.50. The van der Waals surface area contributed by atoms with Crippen LogP contribution >= 0.6 is 0 Å². The minimum absolute atomic E-state index is 0.131. The third-order valence-electron chi connectivity index (χ3n) is 3.02. The highest BCUT2D eigenvalue weighted by Gasteiger charge is 2.20. The van der Waals surface area contributed by atoms with E-state index in [-0.39, 0.29) is 11.9 Å². The van der Waals surface area contributed by atoms with E-state index < -0.39 is 0 Å². The number of fused-ring (bicyclic) bond motifs is 1. The minimum atomic E-state index is -0.210. The molecule has 5 nitrogen and oxygen atoms in total. The van der Waals surface area contributed by atoms with Gasteiger partial charge in [0.15, 0.2) is 0 Å². The van der Waals surface area contributed by atoms with Crippen LogP contribution in [0.4, 0.5) is 16.2 Å².